The Labute approximate surface area is 160 Å². The number of nitrogens with one attached hydrogen (secondary N) is 1. The minimum Gasteiger partial charge on any atom is -0.348 e. The maximum Gasteiger partial charge on any atom is 0.234 e. The van der Waals surface area contributed by atoms with Crippen LogP contribution in [0, 0.1) is 5.92 Å². The molecule has 0 aliphatic carbocycles. The largest absolute Gasteiger partial charge is 0.348 e. The molecule has 1 N–H and O–H groups in total. The van der Waals surface area contributed by atoms with Crippen molar-refractivity contribution in [3.63, 3.8) is 0 Å². The number of amides is 1. The van der Waals surface area contributed by atoms with Crippen LogP contribution in [-0.2, 0) is 4.79 Å². The van der Waals surface area contributed by atoms with Crippen LogP contribution in [0.3, 0.4) is 0 Å². The van der Waals surface area contributed by atoms with Gasteiger partial charge in [-0.25, -0.2) is 4.98 Å². The molecule has 1 aliphatic rings. The van der Waals surface area contributed by atoms with E-state index in [9.17, 15) is 4.79 Å². The Morgan fingerprint density at radius 3 is 2.54 bits per heavy atom. The number of thiazole rings is 1. The molecule has 1 amide bonds. The average molecular weight is 373 g/mol. The molecule has 140 valence electrons. The van der Waals surface area contributed by atoms with Gasteiger partial charge in [-0.3, -0.25) is 9.69 Å². The molecule has 1 atom stereocenters. The van der Waals surface area contributed by atoms with E-state index in [0.717, 1.165) is 37.7 Å². The highest BCUT2D eigenvalue weighted by Crippen LogP contribution is 2.21. The van der Waals surface area contributed by atoms with E-state index in [1.165, 1.54) is 5.56 Å². The summed E-state index contributed by atoms with van der Waals surface area (Å²) in [7, 11) is 0. The number of rotatable bonds is 7. The number of aromatic nitrogens is 1. The Morgan fingerprint density at radius 2 is 1.92 bits per heavy atom. The van der Waals surface area contributed by atoms with Gasteiger partial charge >= 0.3 is 0 Å². The van der Waals surface area contributed by atoms with Gasteiger partial charge < -0.3 is 10.2 Å². The average Bonchev–Trinajstić information content (AvgIpc) is 3.17. The summed E-state index contributed by atoms with van der Waals surface area (Å²) in [5.74, 6) is 0.643. The zero-order valence-electron chi connectivity index (χ0n) is 15.6. The number of benzene rings is 1. The molecule has 1 saturated heterocycles. The van der Waals surface area contributed by atoms with Gasteiger partial charge in [0.25, 0.3) is 0 Å². The summed E-state index contributed by atoms with van der Waals surface area (Å²) in [4.78, 5) is 21.5. The smallest absolute Gasteiger partial charge is 0.234 e. The second-order valence-electron chi connectivity index (χ2n) is 7.24. The van der Waals surface area contributed by atoms with Crippen LogP contribution in [0.2, 0.25) is 0 Å². The van der Waals surface area contributed by atoms with Gasteiger partial charge in [0.05, 0.1) is 12.6 Å². The fourth-order valence-electron chi connectivity index (χ4n) is 3.35. The van der Waals surface area contributed by atoms with Crippen molar-refractivity contribution >= 4 is 22.4 Å². The number of nitrogens with zero attached hydrogens (tertiary/aromatic N) is 3. The van der Waals surface area contributed by atoms with Gasteiger partial charge in [-0.1, -0.05) is 44.2 Å². The van der Waals surface area contributed by atoms with Crippen molar-refractivity contribution in [1.82, 2.24) is 15.2 Å². The van der Waals surface area contributed by atoms with Crippen molar-refractivity contribution in [2.24, 2.45) is 5.92 Å². The lowest BCUT2D eigenvalue weighted by atomic mass is 9.97. The quantitative estimate of drug-likeness (QED) is 0.811. The Bertz CT molecular complexity index is 666. The Morgan fingerprint density at radius 1 is 1.19 bits per heavy atom. The van der Waals surface area contributed by atoms with Crippen molar-refractivity contribution < 1.29 is 4.79 Å². The fourth-order valence-corrected chi connectivity index (χ4v) is 4.04. The second kappa shape index (κ2) is 9.14. The van der Waals surface area contributed by atoms with Crippen molar-refractivity contribution in [1.29, 1.82) is 0 Å². The normalized spacial score (nSPS) is 16.7. The zero-order valence-corrected chi connectivity index (χ0v) is 16.4. The van der Waals surface area contributed by atoms with Crippen molar-refractivity contribution in [2.75, 3.05) is 37.6 Å². The molecule has 3 rings (SSSR count). The van der Waals surface area contributed by atoms with E-state index in [1.807, 2.05) is 29.8 Å². The molecule has 0 bridgehead atoms. The molecule has 1 aromatic carbocycles. The molecule has 2 heterocycles. The molecule has 26 heavy (non-hydrogen) atoms. The molecule has 0 radical (unpaired) electrons. The summed E-state index contributed by atoms with van der Waals surface area (Å²) >= 11 is 1.67. The van der Waals surface area contributed by atoms with Crippen LogP contribution >= 0.6 is 11.3 Å². The number of piperazine rings is 1. The van der Waals surface area contributed by atoms with E-state index >= 15 is 0 Å². The summed E-state index contributed by atoms with van der Waals surface area (Å²) in [5, 5.41) is 6.33. The maximum absolute atomic E-state index is 12.6. The molecule has 1 unspecified atom stereocenters. The first-order chi connectivity index (χ1) is 12.6. The fraction of sp³-hybridized carbons (Fsp3) is 0.500. The van der Waals surface area contributed by atoms with Gasteiger partial charge in [0.15, 0.2) is 5.13 Å². The minimum atomic E-state index is 0.0836. The molecular weight excluding hydrogens is 344 g/mol. The van der Waals surface area contributed by atoms with Gasteiger partial charge in [0.2, 0.25) is 5.91 Å². The van der Waals surface area contributed by atoms with Crippen molar-refractivity contribution in [2.45, 2.75) is 26.3 Å². The van der Waals surface area contributed by atoms with Crippen LogP contribution in [0.1, 0.15) is 31.9 Å². The first-order valence-electron chi connectivity index (χ1n) is 9.33. The lowest BCUT2D eigenvalue weighted by Gasteiger charge is -2.34. The van der Waals surface area contributed by atoms with Gasteiger partial charge in [0, 0.05) is 37.8 Å². The molecule has 1 aliphatic heterocycles. The predicted octanol–water partition coefficient (Wildman–Crippen LogP) is 3.17. The number of carbonyl (C=O) groups is 1. The maximum atomic E-state index is 12.6. The number of hydrogen-bond donors (Lipinski definition) is 1. The molecule has 6 heteroatoms. The van der Waals surface area contributed by atoms with Crippen LogP contribution in [-0.4, -0.2) is 48.5 Å². The van der Waals surface area contributed by atoms with Crippen LogP contribution in [0.15, 0.2) is 41.9 Å². The Hall–Kier alpha value is -1.92. The van der Waals surface area contributed by atoms with Crippen LogP contribution < -0.4 is 10.2 Å². The first kappa shape index (κ1) is 18.9. The summed E-state index contributed by atoms with van der Waals surface area (Å²) in [6.07, 6.45) is 2.80. The molecule has 5 nitrogen and oxygen atoms in total. The number of hydrogen-bond acceptors (Lipinski definition) is 5. The van der Waals surface area contributed by atoms with Crippen molar-refractivity contribution in [3.05, 3.63) is 47.5 Å². The molecule has 0 spiro atoms. The molecular formula is C20H28N4OS. The highest BCUT2D eigenvalue weighted by Gasteiger charge is 2.22. The SMILES string of the molecule is CC(C)CC(NC(=O)CN1CCN(c2nccs2)CC1)c1ccccc1. The van der Waals surface area contributed by atoms with Gasteiger partial charge in [-0.15, -0.1) is 11.3 Å². The molecule has 0 saturated carbocycles. The van der Waals surface area contributed by atoms with E-state index in [-0.39, 0.29) is 11.9 Å². The third-order valence-electron chi connectivity index (χ3n) is 4.67. The molecule has 1 fully saturated rings. The number of carbonyl (C=O) groups excluding carboxylic acids is 1. The van der Waals surface area contributed by atoms with E-state index in [4.69, 9.17) is 0 Å². The molecule has 2 aromatic rings. The highest BCUT2D eigenvalue weighted by atomic mass is 32.1. The van der Waals surface area contributed by atoms with Gasteiger partial charge in [0.1, 0.15) is 0 Å². The summed E-state index contributed by atoms with van der Waals surface area (Å²) in [5.41, 5.74) is 1.18. The standard InChI is InChI=1S/C20H28N4OS/c1-16(2)14-18(17-6-4-3-5-7-17)22-19(25)15-23-9-11-24(12-10-23)20-21-8-13-26-20/h3-8,13,16,18H,9-12,14-15H2,1-2H3,(H,22,25). The zero-order chi connectivity index (χ0) is 18.4. The minimum absolute atomic E-state index is 0.0836. The van der Waals surface area contributed by atoms with E-state index in [0.29, 0.717) is 12.5 Å². The summed E-state index contributed by atoms with van der Waals surface area (Å²) in [6, 6.07) is 10.4. The Kier molecular flexibility index (Phi) is 6.63. The number of anilines is 1. The lowest BCUT2D eigenvalue weighted by molar-refractivity contribution is -0.123. The van der Waals surface area contributed by atoms with E-state index in [2.05, 4.69) is 46.1 Å². The predicted molar refractivity (Wildman–Crippen MR) is 108 cm³/mol. The van der Waals surface area contributed by atoms with E-state index < -0.39 is 0 Å². The first-order valence-corrected chi connectivity index (χ1v) is 10.2. The van der Waals surface area contributed by atoms with Crippen LogP contribution in [0.4, 0.5) is 5.13 Å². The monoisotopic (exact) mass is 372 g/mol. The molecule has 1 aromatic heterocycles. The second-order valence-corrected chi connectivity index (χ2v) is 8.11. The summed E-state index contributed by atoms with van der Waals surface area (Å²) in [6.45, 7) is 8.50. The van der Waals surface area contributed by atoms with Gasteiger partial charge in [-0.05, 0) is 17.9 Å². The van der Waals surface area contributed by atoms with Crippen LogP contribution in [0.5, 0.6) is 0 Å². The van der Waals surface area contributed by atoms with Crippen molar-refractivity contribution in [3.8, 4) is 0 Å². The third kappa shape index (κ3) is 5.29. The van der Waals surface area contributed by atoms with E-state index in [1.54, 1.807) is 11.3 Å². The van der Waals surface area contributed by atoms with Gasteiger partial charge in [-0.2, -0.15) is 0 Å². The lowest BCUT2D eigenvalue weighted by Crippen LogP contribution is -2.49. The topological polar surface area (TPSA) is 48.5 Å². The highest BCUT2D eigenvalue weighted by molar-refractivity contribution is 7.13. The summed E-state index contributed by atoms with van der Waals surface area (Å²) < 4.78 is 0. The van der Waals surface area contributed by atoms with Crippen LogP contribution in [0.25, 0.3) is 0 Å². The third-order valence-corrected chi connectivity index (χ3v) is 5.51. The Balaban J connectivity index is 1.51.